The number of methoxy groups -OCH3 is 1. The second-order valence-electron chi connectivity index (χ2n) is 4.72. The Bertz CT molecular complexity index is 343. The van der Waals surface area contributed by atoms with Crippen molar-refractivity contribution in [2.75, 3.05) is 7.11 Å². The van der Waals surface area contributed by atoms with Crippen molar-refractivity contribution < 1.29 is 9.84 Å². The minimum atomic E-state index is -0.620. The van der Waals surface area contributed by atoms with Gasteiger partial charge in [0.15, 0.2) is 0 Å². The van der Waals surface area contributed by atoms with Gasteiger partial charge in [-0.2, -0.15) is 0 Å². The average molecular weight is 225 g/mol. The van der Waals surface area contributed by atoms with Crippen molar-refractivity contribution in [1.29, 1.82) is 0 Å². The first-order valence-corrected chi connectivity index (χ1v) is 5.72. The summed E-state index contributed by atoms with van der Waals surface area (Å²) in [5, 5.41) is 18.3. The van der Waals surface area contributed by atoms with Crippen LogP contribution >= 0.6 is 0 Å². The predicted molar refractivity (Wildman–Crippen MR) is 58.9 cm³/mol. The maximum Gasteiger partial charge on any atom is 0.0855 e. The SMILES string of the molecule is COC1CCC(O)(Cc2cn(C)nn2)CC1. The van der Waals surface area contributed by atoms with Gasteiger partial charge in [0.2, 0.25) is 0 Å². The first-order valence-electron chi connectivity index (χ1n) is 5.72. The van der Waals surface area contributed by atoms with E-state index in [2.05, 4.69) is 10.3 Å². The average Bonchev–Trinajstić information content (AvgIpc) is 2.64. The normalized spacial score (nSPS) is 30.6. The van der Waals surface area contributed by atoms with Crippen LogP contribution in [0.15, 0.2) is 6.20 Å². The van der Waals surface area contributed by atoms with Crippen LogP contribution < -0.4 is 0 Å². The van der Waals surface area contributed by atoms with Crippen molar-refractivity contribution in [2.45, 2.75) is 43.8 Å². The van der Waals surface area contributed by atoms with E-state index in [9.17, 15) is 5.11 Å². The van der Waals surface area contributed by atoms with Gasteiger partial charge in [0, 0.05) is 26.8 Å². The molecule has 1 aromatic heterocycles. The minimum Gasteiger partial charge on any atom is -0.389 e. The molecule has 1 aromatic rings. The molecule has 5 heteroatoms. The van der Waals surface area contributed by atoms with Gasteiger partial charge in [-0.15, -0.1) is 5.10 Å². The molecule has 1 aliphatic rings. The van der Waals surface area contributed by atoms with Gasteiger partial charge in [-0.3, -0.25) is 4.68 Å². The summed E-state index contributed by atoms with van der Waals surface area (Å²) >= 11 is 0. The second kappa shape index (κ2) is 4.51. The van der Waals surface area contributed by atoms with Crippen molar-refractivity contribution >= 4 is 0 Å². The lowest BCUT2D eigenvalue weighted by molar-refractivity contribution is -0.0432. The Morgan fingerprint density at radius 2 is 2.25 bits per heavy atom. The fourth-order valence-electron chi connectivity index (χ4n) is 2.35. The van der Waals surface area contributed by atoms with Crippen LogP contribution in [-0.4, -0.2) is 38.9 Å². The second-order valence-corrected chi connectivity index (χ2v) is 4.72. The Hall–Kier alpha value is -0.940. The van der Waals surface area contributed by atoms with Crippen LogP contribution in [-0.2, 0) is 18.2 Å². The van der Waals surface area contributed by atoms with E-state index in [1.165, 1.54) is 0 Å². The standard InChI is InChI=1S/C11H19N3O2/c1-14-8-9(12-13-14)7-11(15)5-3-10(16-2)4-6-11/h8,10,15H,3-7H2,1-2H3. The Kier molecular flexibility index (Phi) is 3.25. The van der Waals surface area contributed by atoms with Gasteiger partial charge in [0.1, 0.15) is 0 Å². The van der Waals surface area contributed by atoms with Gasteiger partial charge in [-0.1, -0.05) is 5.21 Å². The van der Waals surface area contributed by atoms with Gasteiger partial charge in [-0.05, 0) is 25.7 Å². The lowest BCUT2D eigenvalue weighted by atomic mass is 9.80. The molecule has 0 spiro atoms. The van der Waals surface area contributed by atoms with Crippen molar-refractivity contribution in [3.05, 3.63) is 11.9 Å². The van der Waals surface area contributed by atoms with E-state index in [4.69, 9.17) is 4.74 Å². The maximum atomic E-state index is 10.4. The number of aliphatic hydroxyl groups is 1. The molecule has 1 fully saturated rings. The van der Waals surface area contributed by atoms with Crippen LogP contribution in [0, 0.1) is 0 Å². The van der Waals surface area contributed by atoms with E-state index >= 15 is 0 Å². The van der Waals surface area contributed by atoms with Gasteiger partial charge < -0.3 is 9.84 Å². The van der Waals surface area contributed by atoms with E-state index < -0.39 is 5.60 Å². The molecule has 1 N–H and O–H groups in total. The molecule has 0 unspecified atom stereocenters. The molecule has 0 atom stereocenters. The fourth-order valence-corrected chi connectivity index (χ4v) is 2.35. The van der Waals surface area contributed by atoms with Gasteiger partial charge in [0.05, 0.1) is 17.4 Å². The molecular weight excluding hydrogens is 206 g/mol. The molecular formula is C11H19N3O2. The summed E-state index contributed by atoms with van der Waals surface area (Å²) in [4.78, 5) is 0. The van der Waals surface area contributed by atoms with E-state index in [1.807, 2.05) is 13.2 Å². The highest BCUT2D eigenvalue weighted by Gasteiger charge is 2.34. The van der Waals surface area contributed by atoms with Crippen LogP contribution in [0.25, 0.3) is 0 Å². The Labute approximate surface area is 95.4 Å². The number of nitrogens with zero attached hydrogens (tertiary/aromatic N) is 3. The summed E-state index contributed by atoms with van der Waals surface area (Å²) in [6.07, 6.45) is 6.17. The summed E-state index contributed by atoms with van der Waals surface area (Å²) in [6.45, 7) is 0. The highest BCUT2D eigenvalue weighted by molar-refractivity contribution is 5.01. The van der Waals surface area contributed by atoms with E-state index in [-0.39, 0.29) is 0 Å². The minimum absolute atomic E-state index is 0.308. The van der Waals surface area contributed by atoms with Gasteiger partial charge in [-0.25, -0.2) is 0 Å². The molecule has 2 rings (SSSR count). The predicted octanol–water partition coefficient (Wildman–Crippen LogP) is 0.678. The summed E-state index contributed by atoms with van der Waals surface area (Å²) in [5.41, 5.74) is 0.242. The van der Waals surface area contributed by atoms with Crippen molar-refractivity contribution in [3.63, 3.8) is 0 Å². The van der Waals surface area contributed by atoms with Crippen LogP contribution in [0.3, 0.4) is 0 Å². The number of ether oxygens (including phenoxy) is 1. The first-order chi connectivity index (χ1) is 7.61. The Morgan fingerprint density at radius 3 is 2.75 bits per heavy atom. The highest BCUT2D eigenvalue weighted by atomic mass is 16.5. The topological polar surface area (TPSA) is 60.2 Å². The van der Waals surface area contributed by atoms with Crippen LogP contribution in [0.2, 0.25) is 0 Å². The molecule has 0 aromatic carbocycles. The molecule has 1 saturated carbocycles. The molecule has 16 heavy (non-hydrogen) atoms. The molecule has 1 aliphatic carbocycles. The third kappa shape index (κ3) is 2.59. The highest BCUT2D eigenvalue weighted by Crippen LogP contribution is 2.31. The molecule has 90 valence electrons. The smallest absolute Gasteiger partial charge is 0.0855 e. The van der Waals surface area contributed by atoms with Crippen LogP contribution in [0.1, 0.15) is 31.4 Å². The van der Waals surface area contributed by atoms with E-state index in [0.717, 1.165) is 31.4 Å². The summed E-state index contributed by atoms with van der Waals surface area (Å²) in [5.74, 6) is 0. The monoisotopic (exact) mass is 225 g/mol. The van der Waals surface area contributed by atoms with E-state index in [1.54, 1.807) is 11.8 Å². The maximum absolute atomic E-state index is 10.4. The summed E-state index contributed by atoms with van der Waals surface area (Å²) in [6, 6.07) is 0. The zero-order chi connectivity index (χ0) is 11.6. The van der Waals surface area contributed by atoms with E-state index in [0.29, 0.717) is 12.5 Å². The van der Waals surface area contributed by atoms with Crippen LogP contribution in [0.4, 0.5) is 0 Å². The molecule has 0 radical (unpaired) electrons. The number of hydrogen-bond acceptors (Lipinski definition) is 4. The van der Waals surface area contributed by atoms with Gasteiger partial charge in [0.25, 0.3) is 0 Å². The number of rotatable bonds is 3. The van der Waals surface area contributed by atoms with Crippen molar-refractivity contribution in [1.82, 2.24) is 15.0 Å². The summed E-state index contributed by atoms with van der Waals surface area (Å²) < 4.78 is 6.96. The first kappa shape index (κ1) is 11.5. The summed E-state index contributed by atoms with van der Waals surface area (Å²) in [7, 11) is 3.57. The Balaban J connectivity index is 1.94. The lowest BCUT2D eigenvalue weighted by Crippen LogP contribution is -2.38. The molecule has 0 saturated heterocycles. The number of aromatic nitrogens is 3. The molecule has 0 aliphatic heterocycles. The van der Waals surface area contributed by atoms with Crippen molar-refractivity contribution in [2.24, 2.45) is 7.05 Å². The largest absolute Gasteiger partial charge is 0.389 e. The number of hydrogen-bond donors (Lipinski definition) is 1. The zero-order valence-corrected chi connectivity index (χ0v) is 9.89. The molecule has 5 nitrogen and oxygen atoms in total. The molecule has 0 amide bonds. The lowest BCUT2D eigenvalue weighted by Gasteiger charge is -2.34. The third-order valence-corrected chi connectivity index (χ3v) is 3.36. The molecule has 0 bridgehead atoms. The van der Waals surface area contributed by atoms with Gasteiger partial charge >= 0.3 is 0 Å². The van der Waals surface area contributed by atoms with Crippen molar-refractivity contribution in [3.8, 4) is 0 Å². The fraction of sp³-hybridized carbons (Fsp3) is 0.818. The quantitative estimate of drug-likeness (QED) is 0.821. The zero-order valence-electron chi connectivity index (χ0n) is 9.89. The molecule has 1 heterocycles. The third-order valence-electron chi connectivity index (χ3n) is 3.36. The Morgan fingerprint density at radius 1 is 1.56 bits per heavy atom. The van der Waals surface area contributed by atoms with Crippen LogP contribution in [0.5, 0.6) is 0 Å². The number of aryl methyl sites for hydroxylation is 1.